The van der Waals surface area contributed by atoms with Crippen LogP contribution >= 0.6 is 11.3 Å². The Labute approximate surface area is 228 Å². The maximum atomic E-state index is 13.3. The number of amides is 1. The number of thiazole rings is 1. The molecule has 5 rings (SSSR count). The van der Waals surface area contributed by atoms with Crippen molar-refractivity contribution in [1.82, 2.24) is 25.2 Å². The van der Waals surface area contributed by atoms with Crippen molar-refractivity contribution in [3.05, 3.63) is 58.6 Å². The molecule has 2 fully saturated rings. The zero-order valence-electron chi connectivity index (χ0n) is 21.9. The summed E-state index contributed by atoms with van der Waals surface area (Å²) in [6.45, 7) is 8.69. The van der Waals surface area contributed by atoms with Gasteiger partial charge in [0.2, 0.25) is 5.82 Å². The van der Waals surface area contributed by atoms with Crippen LogP contribution in [0.2, 0.25) is 0 Å². The number of hydrogen-bond acceptors (Lipinski definition) is 8. The number of nitrogens with zero attached hydrogens (tertiary/aromatic N) is 4. The Morgan fingerprint density at radius 2 is 2.03 bits per heavy atom. The topological polar surface area (TPSA) is 89.5 Å². The number of morpholine rings is 1. The lowest BCUT2D eigenvalue weighted by Gasteiger charge is -2.32. The van der Waals surface area contributed by atoms with Crippen LogP contribution in [0.25, 0.3) is 10.6 Å². The average molecular weight is 562 g/mol. The summed E-state index contributed by atoms with van der Waals surface area (Å²) in [4.78, 5) is 28.0. The van der Waals surface area contributed by atoms with Crippen LogP contribution in [-0.2, 0) is 10.9 Å². The van der Waals surface area contributed by atoms with Crippen molar-refractivity contribution in [1.29, 1.82) is 0 Å². The fraction of sp³-hybridized carbons (Fsp3) is 0.481. The Kier molecular flexibility index (Phi) is 7.62. The first-order chi connectivity index (χ1) is 18.5. The van der Waals surface area contributed by atoms with Gasteiger partial charge in [-0.25, -0.2) is 15.0 Å². The van der Waals surface area contributed by atoms with Gasteiger partial charge in [-0.2, -0.15) is 13.2 Å². The van der Waals surface area contributed by atoms with Crippen molar-refractivity contribution in [3.8, 4) is 16.3 Å². The van der Waals surface area contributed by atoms with E-state index in [9.17, 15) is 18.0 Å². The summed E-state index contributed by atoms with van der Waals surface area (Å²) in [7, 11) is 0. The minimum atomic E-state index is -4.63. The first-order valence-corrected chi connectivity index (χ1v) is 13.7. The summed E-state index contributed by atoms with van der Waals surface area (Å²) in [6.07, 6.45) is 1.28. The quantitative estimate of drug-likeness (QED) is 0.391. The van der Waals surface area contributed by atoms with Crippen molar-refractivity contribution in [2.75, 3.05) is 26.3 Å². The lowest BCUT2D eigenvalue weighted by molar-refractivity contribution is -0.145. The summed E-state index contributed by atoms with van der Waals surface area (Å²) in [6, 6.07) is 5.05. The smallest absolute Gasteiger partial charge is 0.451 e. The van der Waals surface area contributed by atoms with E-state index in [-0.39, 0.29) is 5.60 Å². The molecule has 8 nitrogen and oxygen atoms in total. The van der Waals surface area contributed by atoms with Gasteiger partial charge in [0.05, 0.1) is 12.6 Å². The maximum absolute atomic E-state index is 13.3. The molecule has 1 N–H and O–H groups in total. The van der Waals surface area contributed by atoms with Crippen molar-refractivity contribution in [3.63, 3.8) is 0 Å². The molecule has 2 aliphatic rings. The molecule has 3 unspecified atom stereocenters. The summed E-state index contributed by atoms with van der Waals surface area (Å²) in [5.74, 6) is -1.12. The number of hydrogen-bond donors (Lipinski definition) is 1. The number of fused-ring (bicyclic) bond motifs is 2. The van der Waals surface area contributed by atoms with Crippen LogP contribution in [0.1, 0.15) is 59.4 Å². The molecule has 0 spiro atoms. The number of rotatable bonds is 9. The molecule has 39 heavy (non-hydrogen) atoms. The first-order valence-electron chi connectivity index (χ1n) is 12.8. The van der Waals surface area contributed by atoms with Gasteiger partial charge < -0.3 is 14.8 Å². The standard InChI is InChI=1S/C27H30F3N5O3S/c1-4-5-35-14-26(9-21(35)13-38-26)15-37-22-7-18(6-19(8-22)24-31-10-16(2)39-24)23(36)34-17(3)20-11-32-25(33-12-20)27(28,29)30/h6-8,10-12,17,21H,4-5,9,13-15H2,1-3H3,(H,34,36). The largest absolute Gasteiger partial charge is 0.490 e. The minimum absolute atomic E-state index is 0.344. The number of halogens is 3. The van der Waals surface area contributed by atoms with Crippen LogP contribution in [0, 0.1) is 6.92 Å². The van der Waals surface area contributed by atoms with Gasteiger partial charge in [0.25, 0.3) is 5.91 Å². The molecule has 0 aliphatic carbocycles. The molecule has 4 heterocycles. The second kappa shape index (κ2) is 10.8. The highest BCUT2D eigenvalue weighted by molar-refractivity contribution is 7.14. The van der Waals surface area contributed by atoms with Gasteiger partial charge in [0.1, 0.15) is 23.0 Å². The molecule has 12 heteroatoms. The SMILES string of the molecule is CCCN1CC2(COc3cc(C(=O)NC(C)c4cnc(C(F)(F)F)nc4)cc(-c4ncc(C)s4)c3)CC1CO2. The van der Waals surface area contributed by atoms with E-state index in [0.29, 0.717) is 36.1 Å². The van der Waals surface area contributed by atoms with Crippen LogP contribution in [0.15, 0.2) is 36.8 Å². The van der Waals surface area contributed by atoms with Crippen LogP contribution in [0.3, 0.4) is 0 Å². The number of aromatic nitrogens is 3. The summed E-state index contributed by atoms with van der Waals surface area (Å²) >= 11 is 1.51. The third-order valence-corrected chi connectivity index (χ3v) is 7.98. The third-order valence-electron chi connectivity index (χ3n) is 7.02. The molecule has 1 amide bonds. The fourth-order valence-corrected chi connectivity index (χ4v) is 5.82. The first kappa shape index (κ1) is 27.5. The number of benzene rings is 1. The number of ether oxygens (including phenoxy) is 2. The summed E-state index contributed by atoms with van der Waals surface area (Å²) < 4.78 is 50.8. The van der Waals surface area contributed by atoms with E-state index in [4.69, 9.17) is 9.47 Å². The predicted octanol–water partition coefficient (Wildman–Crippen LogP) is 5.05. The van der Waals surface area contributed by atoms with E-state index in [2.05, 4.69) is 32.1 Å². The summed E-state index contributed by atoms with van der Waals surface area (Å²) in [5.41, 5.74) is 1.07. The zero-order chi connectivity index (χ0) is 27.8. The van der Waals surface area contributed by atoms with E-state index >= 15 is 0 Å². The Morgan fingerprint density at radius 3 is 2.69 bits per heavy atom. The Hall–Kier alpha value is -3.09. The lowest BCUT2D eigenvalue weighted by atomic mass is 10.0. The van der Waals surface area contributed by atoms with Crippen molar-refractivity contribution in [2.24, 2.45) is 0 Å². The van der Waals surface area contributed by atoms with Gasteiger partial charge in [-0.1, -0.05) is 6.92 Å². The van der Waals surface area contributed by atoms with Crippen LogP contribution in [-0.4, -0.2) is 63.7 Å². The molecule has 3 aromatic rings. The van der Waals surface area contributed by atoms with Gasteiger partial charge in [-0.05, 0) is 51.4 Å². The molecule has 2 aliphatic heterocycles. The van der Waals surface area contributed by atoms with Crippen LogP contribution in [0.4, 0.5) is 13.2 Å². The average Bonchev–Trinajstić information content (AvgIpc) is 3.62. The molecule has 2 aromatic heterocycles. The lowest BCUT2D eigenvalue weighted by Crippen LogP contribution is -2.45. The fourth-order valence-electron chi connectivity index (χ4n) is 5.07. The van der Waals surface area contributed by atoms with Crippen molar-refractivity contribution in [2.45, 2.75) is 57.5 Å². The van der Waals surface area contributed by atoms with Crippen LogP contribution < -0.4 is 10.1 Å². The van der Waals surface area contributed by atoms with E-state index in [0.717, 1.165) is 53.8 Å². The highest BCUT2D eigenvalue weighted by atomic mass is 32.1. The molecule has 1 aromatic carbocycles. The Bertz CT molecular complexity index is 1330. The van der Waals surface area contributed by atoms with E-state index < -0.39 is 23.9 Å². The van der Waals surface area contributed by atoms with E-state index in [1.54, 1.807) is 25.3 Å². The molecular formula is C27H30F3N5O3S. The molecule has 3 atom stereocenters. The Morgan fingerprint density at radius 1 is 1.26 bits per heavy atom. The number of carbonyl (C=O) groups is 1. The van der Waals surface area contributed by atoms with Gasteiger partial charge in [0.15, 0.2) is 0 Å². The molecule has 2 bridgehead atoms. The second-order valence-electron chi connectivity index (χ2n) is 10.2. The van der Waals surface area contributed by atoms with Gasteiger partial charge >= 0.3 is 6.18 Å². The number of carbonyl (C=O) groups excluding carboxylic acids is 1. The molecule has 0 radical (unpaired) electrons. The normalized spacial score (nSPS) is 21.7. The van der Waals surface area contributed by atoms with Crippen molar-refractivity contribution >= 4 is 17.2 Å². The molecular weight excluding hydrogens is 531 g/mol. The highest BCUT2D eigenvalue weighted by Gasteiger charge is 2.51. The van der Waals surface area contributed by atoms with Gasteiger partial charge in [-0.15, -0.1) is 11.3 Å². The molecule has 208 valence electrons. The summed E-state index contributed by atoms with van der Waals surface area (Å²) in [5, 5.41) is 3.57. The highest BCUT2D eigenvalue weighted by Crippen LogP contribution is 2.38. The number of nitrogens with one attached hydrogen (secondary N) is 1. The number of alkyl halides is 3. The molecule has 2 saturated heterocycles. The van der Waals surface area contributed by atoms with E-state index in [1.807, 2.05) is 13.0 Å². The van der Waals surface area contributed by atoms with Gasteiger partial charge in [0, 0.05) is 52.7 Å². The zero-order valence-corrected chi connectivity index (χ0v) is 22.7. The second-order valence-corrected chi connectivity index (χ2v) is 11.4. The van der Waals surface area contributed by atoms with Crippen LogP contribution in [0.5, 0.6) is 5.75 Å². The Balaban J connectivity index is 1.34. The maximum Gasteiger partial charge on any atom is 0.451 e. The monoisotopic (exact) mass is 561 g/mol. The number of aryl methyl sites for hydroxylation is 1. The predicted molar refractivity (Wildman–Crippen MR) is 140 cm³/mol. The van der Waals surface area contributed by atoms with E-state index in [1.165, 1.54) is 11.3 Å². The number of likely N-dealkylation sites (tertiary alicyclic amines) is 1. The van der Waals surface area contributed by atoms with Gasteiger partial charge in [-0.3, -0.25) is 9.69 Å². The molecule has 0 saturated carbocycles. The van der Waals surface area contributed by atoms with Crippen molar-refractivity contribution < 1.29 is 27.4 Å². The third kappa shape index (κ3) is 6.07. The minimum Gasteiger partial charge on any atom is -0.490 e.